The summed E-state index contributed by atoms with van der Waals surface area (Å²) in [5, 5.41) is 2.96. The standard InChI is InChI=1S/C10H15NO2S/c1-8-4-5-10(14(3,12)13)9(6-8)7-11-2/h4-6,11H,7H2,1-3H3. The highest BCUT2D eigenvalue weighted by atomic mass is 32.2. The maximum atomic E-state index is 11.4. The van der Waals surface area contributed by atoms with Crippen LogP contribution in [0, 0.1) is 6.92 Å². The molecule has 0 saturated carbocycles. The number of rotatable bonds is 3. The molecule has 3 nitrogen and oxygen atoms in total. The molecule has 1 aromatic carbocycles. The van der Waals surface area contributed by atoms with E-state index in [1.807, 2.05) is 19.1 Å². The summed E-state index contributed by atoms with van der Waals surface area (Å²) in [6.07, 6.45) is 1.23. The quantitative estimate of drug-likeness (QED) is 0.818. The third kappa shape index (κ3) is 2.56. The van der Waals surface area contributed by atoms with Crippen LogP contribution in [0.2, 0.25) is 0 Å². The molecule has 1 N–H and O–H groups in total. The topological polar surface area (TPSA) is 46.2 Å². The molecule has 0 radical (unpaired) electrons. The van der Waals surface area contributed by atoms with E-state index in [0.717, 1.165) is 11.1 Å². The molecule has 0 unspecified atom stereocenters. The number of aryl methyl sites for hydroxylation is 1. The average Bonchev–Trinajstić information content (AvgIpc) is 2.02. The molecule has 0 bridgehead atoms. The molecule has 0 aliphatic heterocycles. The summed E-state index contributed by atoms with van der Waals surface area (Å²) in [6.45, 7) is 2.52. The largest absolute Gasteiger partial charge is 0.316 e. The number of hydrogen-bond acceptors (Lipinski definition) is 3. The summed E-state index contributed by atoms with van der Waals surface area (Å²) in [7, 11) is -1.31. The van der Waals surface area contributed by atoms with E-state index >= 15 is 0 Å². The van der Waals surface area contributed by atoms with E-state index in [1.54, 1.807) is 13.1 Å². The Balaban J connectivity index is 3.29. The van der Waals surface area contributed by atoms with Crippen molar-refractivity contribution in [2.75, 3.05) is 13.3 Å². The van der Waals surface area contributed by atoms with Crippen LogP contribution in [0.15, 0.2) is 23.1 Å². The van der Waals surface area contributed by atoms with Crippen molar-refractivity contribution in [1.82, 2.24) is 5.32 Å². The van der Waals surface area contributed by atoms with Crippen LogP contribution >= 0.6 is 0 Å². The van der Waals surface area contributed by atoms with Crippen molar-refractivity contribution in [1.29, 1.82) is 0 Å². The molecule has 0 aromatic heterocycles. The van der Waals surface area contributed by atoms with Gasteiger partial charge in [0.05, 0.1) is 4.90 Å². The van der Waals surface area contributed by atoms with E-state index < -0.39 is 9.84 Å². The molecule has 78 valence electrons. The van der Waals surface area contributed by atoms with Crippen LogP contribution in [0.4, 0.5) is 0 Å². The van der Waals surface area contributed by atoms with Gasteiger partial charge < -0.3 is 5.32 Å². The lowest BCUT2D eigenvalue weighted by Crippen LogP contribution is -2.10. The maximum Gasteiger partial charge on any atom is 0.175 e. The highest BCUT2D eigenvalue weighted by molar-refractivity contribution is 7.90. The van der Waals surface area contributed by atoms with Crippen molar-refractivity contribution in [2.24, 2.45) is 0 Å². The third-order valence-electron chi connectivity index (χ3n) is 1.98. The zero-order valence-corrected chi connectivity index (χ0v) is 9.48. The molecule has 0 aliphatic carbocycles. The van der Waals surface area contributed by atoms with Crippen LogP contribution in [0.1, 0.15) is 11.1 Å². The van der Waals surface area contributed by atoms with Gasteiger partial charge in [0.25, 0.3) is 0 Å². The Labute approximate surface area is 85.1 Å². The second-order valence-electron chi connectivity index (χ2n) is 3.41. The fourth-order valence-electron chi connectivity index (χ4n) is 1.40. The molecule has 0 heterocycles. The first-order chi connectivity index (χ1) is 6.45. The van der Waals surface area contributed by atoms with E-state index in [1.165, 1.54) is 6.26 Å². The predicted octanol–water partition coefficient (Wildman–Crippen LogP) is 1.12. The van der Waals surface area contributed by atoms with E-state index in [9.17, 15) is 8.42 Å². The average molecular weight is 213 g/mol. The van der Waals surface area contributed by atoms with Gasteiger partial charge in [0.15, 0.2) is 9.84 Å². The minimum Gasteiger partial charge on any atom is -0.316 e. The molecule has 4 heteroatoms. The zero-order chi connectivity index (χ0) is 10.8. The summed E-state index contributed by atoms with van der Waals surface area (Å²) in [4.78, 5) is 0.414. The van der Waals surface area contributed by atoms with E-state index in [0.29, 0.717) is 11.4 Å². The smallest absolute Gasteiger partial charge is 0.175 e. The van der Waals surface area contributed by atoms with Gasteiger partial charge in [-0.05, 0) is 25.6 Å². The first-order valence-electron chi connectivity index (χ1n) is 4.39. The Morgan fingerprint density at radius 1 is 1.36 bits per heavy atom. The van der Waals surface area contributed by atoms with Crippen molar-refractivity contribution in [3.05, 3.63) is 29.3 Å². The minimum atomic E-state index is -3.11. The fraction of sp³-hybridized carbons (Fsp3) is 0.400. The number of nitrogens with one attached hydrogen (secondary N) is 1. The maximum absolute atomic E-state index is 11.4. The number of benzene rings is 1. The molecular formula is C10H15NO2S. The van der Waals surface area contributed by atoms with Gasteiger partial charge in [0, 0.05) is 12.8 Å². The SMILES string of the molecule is CNCc1cc(C)ccc1S(C)(=O)=O. The molecule has 0 amide bonds. The number of sulfone groups is 1. The van der Waals surface area contributed by atoms with E-state index in [2.05, 4.69) is 5.32 Å². The number of hydrogen-bond donors (Lipinski definition) is 1. The molecule has 0 spiro atoms. The van der Waals surface area contributed by atoms with Gasteiger partial charge in [-0.1, -0.05) is 17.7 Å². The Kier molecular flexibility index (Phi) is 3.29. The molecule has 0 atom stereocenters. The molecular weight excluding hydrogens is 198 g/mol. The Hall–Kier alpha value is -0.870. The molecule has 14 heavy (non-hydrogen) atoms. The Morgan fingerprint density at radius 2 is 2.00 bits per heavy atom. The Bertz CT molecular complexity index is 424. The lowest BCUT2D eigenvalue weighted by Gasteiger charge is -2.08. The monoisotopic (exact) mass is 213 g/mol. The molecule has 0 aliphatic rings. The van der Waals surface area contributed by atoms with Gasteiger partial charge in [-0.25, -0.2) is 8.42 Å². The fourth-order valence-corrected chi connectivity index (χ4v) is 2.32. The summed E-state index contributed by atoms with van der Waals surface area (Å²) < 4.78 is 22.8. The highest BCUT2D eigenvalue weighted by Gasteiger charge is 2.12. The third-order valence-corrected chi connectivity index (χ3v) is 3.18. The van der Waals surface area contributed by atoms with Crippen molar-refractivity contribution >= 4 is 9.84 Å². The first kappa shape index (κ1) is 11.2. The van der Waals surface area contributed by atoms with Crippen LogP contribution in [0.25, 0.3) is 0 Å². The summed E-state index contributed by atoms with van der Waals surface area (Å²) in [5.74, 6) is 0. The van der Waals surface area contributed by atoms with Gasteiger partial charge in [-0.15, -0.1) is 0 Å². The lowest BCUT2D eigenvalue weighted by atomic mass is 10.1. The van der Waals surface area contributed by atoms with Crippen molar-refractivity contribution < 1.29 is 8.42 Å². The summed E-state index contributed by atoms with van der Waals surface area (Å²) >= 11 is 0. The second-order valence-corrected chi connectivity index (χ2v) is 5.40. The van der Waals surface area contributed by atoms with E-state index in [4.69, 9.17) is 0 Å². The highest BCUT2D eigenvalue weighted by Crippen LogP contribution is 2.16. The summed E-state index contributed by atoms with van der Waals surface area (Å²) in [5.41, 5.74) is 1.90. The van der Waals surface area contributed by atoms with Crippen LogP contribution in [-0.2, 0) is 16.4 Å². The van der Waals surface area contributed by atoms with Crippen LogP contribution in [0.5, 0.6) is 0 Å². The van der Waals surface area contributed by atoms with Crippen LogP contribution < -0.4 is 5.32 Å². The van der Waals surface area contributed by atoms with Crippen LogP contribution in [-0.4, -0.2) is 21.7 Å². The lowest BCUT2D eigenvalue weighted by molar-refractivity contribution is 0.600. The molecule has 0 fully saturated rings. The Morgan fingerprint density at radius 3 is 2.50 bits per heavy atom. The first-order valence-corrected chi connectivity index (χ1v) is 6.28. The van der Waals surface area contributed by atoms with Crippen molar-refractivity contribution in [3.63, 3.8) is 0 Å². The van der Waals surface area contributed by atoms with Gasteiger partial charge in [0.1, 0.15) is 0 Å². The van der Waals surface area contributed by atoms with Gasteiger partial charge in [-0.2, -0.15) is 0 Å². The molecule has 1 rings (SSSR count). The van der Waals surface area contributed by atoms with Crippen molar-refractivity contribution in [3.8, 4) is 0 Å². The van der Waals surface area contributed by atoms with Crippen molar-refractivity contribution in [2.45, 2.75) is 18.4 Å². The second kappa shape index (κ2) is 4.11. The van der Waals surface area contributed by atoms with Gasteiger partial charge in [0.2, 0.25) is 0 Å². The molecule has 1 aromatic rings. The normalized spacial score (nSPS) is 11.6. The minimum absolute atomic E-state index is 0.414. The van der Waals surface area contributed by atoms with E-state index in [-0.39, 0.29) is 0 Å². The van der Waals surface area contributed by atoms with Gasteiger partial charge in [-0.3, -0.25) is 0 Å². The van der Waals surface area contributed by atoms with Crippen LogP contribution in [0.3, 0.4) is 0 Å². The molecule has 0 saturated heterocycles. The van der Waals surface area contributed by atoms with Gasteiger partial charge >= 0.3 is 0 Å². The summed E-state index contributed by atoms with van der Waals surface area (Å²) in [6, 6.07) is 5.37. The zero-order valence-electron chi connectivity index (χ0n) is 8.66. The predicted molar refractivity (Wildman–Crippen MR) is 57.1 cm³/mol.